The predicted octanol–water partition coefficient (Wildman–Crippen LogP) is 2.93. The molecule has 0 heterocycles. The zero-order valence-corrected chi connectivity index (χ0v) is 12.2. The standard InChI is InChI=1S/C4H9.C3H9Si.BrH.Mg/c2*1-4(2)3;;/h1-3H3;4H,1H2,2-3H3;1H;. The van der Waals surface area contributed by atoms with Crippen LogP contribution in [0.1, 0.15) is 20.8 Å². The van der Waals surface area contributed by atoms with E-state index in [0.29, 0.717) is 3.54 Å². The van der Waals surface area contributed by atoms with Crippen LogP contribution >= 0.6 is 17.0 Å². The van der Waals surface area contributed by atoms with Crippen LogP contribution in [-0.4, -0.2) is 29.2 Å². The molecule has 0 radical (unpaired) electrons. The maximum absolute atomic E-state index is 2.46. The number of hydrogen-bond acceptors (Lipinski definition) is 0. The highest BCUT2D eigenvalue weighted by Crippen LogP contribution is 2.21. The maximum Gasteiger partial charge on any atom is 0.368 e. The van der Waals surface area contributed by atoms with E-state index in [0.717, 1.165) is 0 Å². The van der Waals surface area contributed by atoms with E-state index in [-0.39, 0.29) is 46.1 Å². The summed E-state index contributed by atoms with van der Waals surface area (Å²) < 4.78 is 2.35. The normalized spacial score (nSPS) is 10.6. The van der Waals surface area contributed by atoms with Crippen LogP contribution in [-0.2, 0) is 0 Å². The summed E-state index contributed by atoms with van der Waals surface area (Å²) in [5, 5.41) is 0. The van der Waals surface area contributed by atoms with E-state index in [2.05, 4.69) is 33.9 Å². The lowest BCUT2D eigenvalue weighted by atomic mass is 10.2. The molecule has 0 spiro atoms. The van der Waals surface area contributed by atoms with E-state index < -0.39 is 0 Å². The van der Waals surface area contributed by atoms with E-state index in [4.69, 9.17) is 0 Å². The molecule has 0 aliphatic rings. The Morgan fingerprint density at radius 1 is 1.20 bits per heavy atom. The Morgan fingerprint density at radius 2 is 1.60 bits per heavy atom. The van der Waals surface area contributed by atoms with Crippen molar-refractivity contribution in [2.75, 3.05) is 0 Å². The molecular formula is C7H19BrMgSi. The highest BCUT2D eigenvalue weighted by Gasteiger charge is 2.14. The number of halogens is 1. The predicted molar refractivity (Wildman–Crippen MR) is 59.5 cm³/mol. The Bertz CT molecular complexity index is 78.2. The molecule has 0 aromatic rings. The lowest BCUT2D eigenvalue weighted by Crippen LogP contribution is -2.14. The second-order valence-corrected chi connectivity index (χ2v) is 12.2. The molecule has 0 aromatic carbocycles. The molecule has 0 aromatic heterocycles. The molecule has 0 nitrogen and oxygen atoms in total. The molecule has 0 rings (SSSR count). The first-order valence-corrected chi connectivity index (χ1v) is 8.75. The van der Waals surface area contributed by atoms with Crippen molar-refractivity contribution >= 4 is 46.1 Å². The van der Waals surface area contributed by atoms with Crippen molar-refractivity contribution in [1.29, 1.82) is 0 Å². The van der Waals surface area contributed by atoms with Crippen molar-refractivity contribution < 1.29 is 0 Å². The van der Waals surface area contributed by atoms with Crippen LogP contribution in [0.25, 0.3) is 0 Å². The minimum Gasteiger partial charge on any atom is -0.151 e. The molecule has 10 heavy (non-hydrogen) atoms. The summed E-state index contributed by atoms with van der Waals surface area (Å²) in [5.74, 6) is 0. The molecule has 0 saturated heterocycles. The zero-order chi connectivity index (χ0) is 7.49. The summed E-state index contributed by atoms with van der Waals surface area (Å²) in [6.07, 6.45) is 0. The average molecular weight is 236 g/mol. The summed E-state index contributed by atoms with van der Waals surface area (Å²) in [5.41, 5.74) is 0. The summed E-state index contributed by atoms with van der Waals surface area (Å²) in [6.45, 7) is 12.1. The Labute approximate surface area is 87.3 Å². The van der Waals surface area contributed by atoms with Crippen molar-refractivity contribution in [3.05, 3.63) is 0 Å². The van der Waals surface area contributed by atoms with Gasteiger partial charge in [-0.2, -0.15) is 4.17 Å². The third-order valence-electron chi connectivity index (χ3n) is 1.47. The molecule has 0 N–H and O–H groups in total. The minimum absolute atomic E-state index is 0. The molecule has 0 aliphatic carbocycles. The number of hydrogen-bond donors (Lipinski definition) is 0. The lowest BCUT2D eigenvalue weighted by Gasteiger charge is -2.16. The van der Waals surface area contributed by atoms with Gasteiger partial charge in [-0.1, -0.05) is 33.9 Å². The van der Waals surface area contributed by atoms with Crippen molar-refractivity contribution in [2.45, 2.75) is 41.6 Å². The SMILES string of the molecule is Br.C[SiH](C)[CH2][Mg][C](C)(C)C. The van der Waals surface area contributed by atoms with Crippen molar-refractivity contribution in [1.82, 2.24) is 0 Å². The first-order chi connectivity index (χ1) is 3.92. The van der Waals surface area contributed by atoms with Gasteiger partial charge < -0.3 is 0 Å². The number of rotatable bonds is 2. The third kappa shape index (κ3) is 12.2. The maximum atomic E-state index is 2.46. The molecule has 0 aliphatic heterocycles. The smallest absolute Gasteiger partial charge is 0.151 e. The molecular weight excluding hydrogens is 216 g/mol. The van der Waals surface area contributed by atoms with Crippen molar-refractivity contribution in [3.63, 3.8) is 0 Å². The van der Waals surface area contributed by atoms with E-state index in [1.54, 1.807) is 4.17 Å². The fourth-order valence-corrected chi connectivity index (χ4v) is 6.50. The molecule has 0 unspecified atom stereocenters. The van der Waals surface area contributed by atoms with Gasteiger partial charge in [0.15, 0.2) is 0 Å². The van der Waals surface area contributed by atoms with Gasteiger partial charge in [-0.15, -0.1) is 20.5 Å². The van der Waals surface area contributed by atoms with Crippen LogP contribution < -0.4 is 0 Å². The van der Waals surface area contributed by atoms with Gasteiger partial charge in [0.1, 0.15) is 0 Å². The Morgan fingerprint density at radius 3 is 1.70 bits per heavy atom. The lowest BCUT2D eigenvalue weighted by molar-refractivity contribution is 0.754. The van der Waals surface area contributed by atoms with E-state index in [1.807, 2.05) is 0 Å². The summed E-state index contributed by atoms with van der Waals surface area (Å²) in [4.78, 5) is 0. The Balaban J connectivity index is 0. The van der Waals surface area contributed by atoms with Crippen LogP contribution in [0.15, 0.2) is 0 Å². The molecule has 0 saturated carbocycles. The molecule has 60 valence electrons. The van der Waals surface area contributed by atoms with Gasteiger partial charge in [-0.25, -0.2) is 0 Å². The monoisotopic (exact) mass is 234 g/mol. The highest BCUT2D eigenvalue weighted by atomic mass is 79.9. The Hall–Kier alpha value is 1.46. The van der Waals surface area contributed by atoms with Crippen molar-refractivity contribution in [2.24, 2.45) is 0 Å². The van der Waals surface area contributed by atoms with E-state index in [1.165, 1.54) is 0 Å². The fraction of sp³-hybridized carbons (Fsp3) is 1.00. The van der Waals surface area contributed by atoms with Gasteiger partial charge in [0.2, 0.25) is 0 Å². The van der Waals surface area contributed by atoms with Gasteiger partial charge in [0.25, 0.3) is 0 Å². The van der Waals surface area contributed by atoms with E-state index >= 15 is 0 Å². The molecule has 0 bridgehead atoms. The summed E-state index contributed by atoms with van der Waals surface area (Å²) >= 11 is 0.264. The second-order valence-electron chi connectivity index (χ2n) is 4.49. The van der Waals surface area contributed by atoms with Gasteiger partial charge >= 0.3 is 20.4 Å². The second kappa shape index (κ2) is 6.03. The van der Waals surface area contributed by atoms with Crippen LogP contribution in [0.2, 0.25) is 20.8 Å². The Kier molecular flexibility index (Phi) is 8.45. The minimum atomic E-state index is -0.209. The van der Waals surface area contributed by atoms with Crippen molar-refractivity contribution in [3.8, 4) is 0 Å². The quantitative estimate of drug-likeness (QED) is 0.646. The fourth-order valence-electron chi connectivity index (χ4n) is 0.722. The molecule has 0 atom stereocenters. The molecule has 0 amide bonds. The van der Waals surface area contributed by atoms with Gasteiger partial charge in [-0.3, -0.25) is 0 Å². The van der Waals surface area contributed by atoms with Crippen LogP contribution in [0.4, 0.5) is 0 Å². The zero-order valence-electron chi connectivity index (χ0n) is 7.90. The van der Waals surface area contributed by atoms with E-state index in [9.17, 15) is 0 Å². The average Bonchev–Trinajstić information content (AvgIpc) is 1.59. The highest BCUT2D eigenvalue weighted by molar-refractivity contribution is 8.93. The topological polar surface area (TPSA) is 0 Å². The van der Waals surface area contributed by atoms with Gasteiger partial charge in [0, 0.05) is 8.80 Å². The summed E-state index contributed by atoms with van der Waals surface area (Å²) in [6, 6.07) is 0. The third-order valence-corrected chi connectivity index (χ3v) is 8.75. The first kappa shape index (κ1) is 14.0. The van der Waals surface area contributed by atoms with Crippen LogP contribution in [0.3, 0.4) is 0 Å². The summed E-state index contributed by atoms with van der Waals surface area (Å²) in [7, 11) is -0.209. The van der Waals surface area contributed by atoms with Crippen LogP contribution in [0.5, 0.6) is 0 Å². The van der Waals surface area contributed by atoms with Crippen LogP contribution in [0, 0.1) is 0 Å². The largest absolute Gasteiger partial charge is 0.368 e. The molecule has 0 fully saturated rings. The van der Waals surface area contributed by atoms with Gasteiger partial charge in [0.05, 0.1) is 0 Å². The van der Waals surface area contributed by atoms with Gasteiger partial charge in [-0.05, 0) is 0 Å². The first-order valence-electron chi connectivity index (χ1n) is 3.92. The molecule has 3 heteroatoms.